The Balaban J connectivity index is 1.93. The van der Waals surface area contributed by atoms with Crippen molar-refractivity contribution in [2.75, 3.05) is 6.54 Å². The molecule has 0 bridgehead atoms. The number of hydrogen-bond donors (Lipinski definition) is 2. The smallest absolute Gasteiger partial charge is 0.252 e. The number of pyridine rings is 1. The molecule has 0 saturated heterocycles. The zero-order valence-electron chi connectivity index (χ0n) is 10.1. The molecule has 0 aliphatic heterocycles. The normalized spacial score (nSPS) is 18.0. The van der Waals surface area contributed by atoms with Crippen LogP contribution in [0.25, 0.3) is 0 Å². The molecule has 2 N–H and O–H groups in total. The number of aryl methyl sites for hydroxylation is 1. The first-order valence-corrected chi connectivity index (χ1v) is 6.01. The highest BCUT2D eigenvalue weighted by molar-refractivity contribution is 5.94. The molecule has 1 aromatic heterocycles. The van der Waals surface area contributed by atoms with E-state index in [1.165, 1.54) is 0 Å². The maximum Gasteiger partial charge on any atom is 0.252 e. The van der Waals surface area contributed by atoms with E-state index in [1.54, 1.807) is 18.5 Å². The summed E-state index contributed by atoms with van der Waals surface area (Å²) in [6.45, 7) is 2.23. The molecule has 92 valence electrons. The van der Waals surface area contributed by atoms with Gasteiger partial charge in [0.25, 0.3) is 5.91 Å². The van der Waals surface area contributed by atoms with Crippen molar-refractivity contribution in [1.29, 1.82) is 0 Å². The zero-order chi connectivity index (χ0) is 12.3. The van der Waals surface area contributed by atoms with Crippen molar-refractivity contribution >= 4 is 5.91 Å². The molecule has 1 fully saturated rings. The lowest BCUT2D eigenvalue weighted by Gasteiger charge is -2.22. The van der Waals surface area contributed by atoms with Gasteiger partial charge in [-0.15, -0.1) is 0 Å². The van der Waals surface area contributed by atoms with Crippen LogP contribution in [0, 0.1) is 6.92 Å². The second-order valence-corrected chi connectivity index (χ2v) is 4.87. The lowest BCUT2D eigenvalue weighted by Crippen LogP contribution is -2.40. The third kappa shape index (κ3) is 3.03. The van der Waals surface area contributed by atoms with Gasteiger partial charge in [0.05, 0.1) is 11.2 Å². The molecule has 0 radical (unpaired) electrons. The number of rotatable bonds is 3. The Morgan fingerprint density at radius 2 is 2.18 bits per heavy atom. The van der Waals surface area contributed by atoms with Crippen LogP contribution in [0.4, 0.5) is 0 Å². The summed E-state index contributed by atoms with van der Waals surface area (Å²) in [6.07, 6.45) is 6.89. The predicted octanol–water partition coefficient (Wildman–Crippen LogP) is 1.42. The first kappa shape index (κ1) is 12.0. The van der Waals surface area contributed by atoms with Crippen LogP contribution in [0.1, 0.15) is 41.6 Å². The number of nitrogens with one attached hydrogen (secondary N) is 1. The summed E-state index contributed by atoms with van der Waals surface area (Å²) in [6, 6.07) is 1.79. The van der Waals surface area contributed by atoms with E-state index in [1.807, 2.05) is 6.92 Å². The molecule has 1 heterocycles. The van der Waals surface area contributed by atoms with Crippen LogP contribution in [-0.2, 0) is 0 Å². The van der Waals surface area contributed by atoms with Crippen molar-refractivity contribution in [1.82, 2.24) is 10.3 Å². The summed E-state index contributed by atoms with van der Waals surface area (Å²) >= 11 is 0. The fourth-order valence-corrected chi connectivity index (χ4v) is 2.24. The molecule has 1 amide bonds. The van der Waals surface area contributed by atoms with Crippen molar-refractivity contribution < 1.29 is 9.90 Å². The molecular weight excluding hydrogens is 216 g/mol. The average molecular weight is 234 g/mol. The van der Waals surface area contributed by atoms with Gasteiger partial charge in [-0.2, -0.15) is 0 Å². The predicted molar refractivity (Wildman–Crippen MR) is 64.7 cm³/mol. The second-order valence-electron chi connectivity index (χ2n) is 4.87. The van der Waals surface area contributed by atoms with Crippen molar-refractivity contribution in [2.45, 2.75) is 38.2 Å². The highest BCUT2D eigenvalue weighted by Crippen LogP contribution is 2.28. The van der Waals surface area contributed by atoms with Crippen LogP contribution < -0.4 is 5.32 Å². The second kappa shape index (κ2) is 4.84. The van der Waals surface area contributed by atoms with Crippen LogP contribution in [0.3, 0.4) is 0 Å². The molecule has 0 spiro atoms. The van der Waals surface area contributed by atoms with E-state index in [9.17, 15) is 9.90 Å². The minimum atomic E-state index is -0.701. The van der Waals surface area contributed by atoms with Gasteiger partial charge in [0, 0.05) is 18.9 Å². The van der Waals surface area contributed by atoms with Gasteiger partial charge in [-0.3, -0.25) is 9.78 Å². The molecule has 1 aliphatic carbocycles. The Labute approximate surface area is 101 Å². The van der Waals surface area contributed by atoms with E-state index in [-0.39, 0.29) is 5.91 Å². The average Bonchev–Trinajstić information content (AvgIpc) is 2.74. The van der Waals surface area contributed by atoms with Crippen molar-refractivity contribution in [3.63, 3.8) is 0 Å². The van der Waals surface area contributed by atoms with Crippen LogP contribution in [0.2, 0.25) is 0 Å². The molecule has 4 heteroatoms. The molecule has 2 rings (SSSR count). The molecule has 0 aromatic carbocycles. The zero-order valence-corrected chi connectivity index (χ0v) is 10.1. The lowest BCUT2D eigenvalue weighted by molar-refractivity contribution is 0.0449. The summed E-state index contributed by atoms with van der Waals surface area (Å²) < 4.78 is 0. The number of nitrogens with zero attached hydrogens (tertiary/aromatic N) is 1. The van der Waals surface area contributed by atoms with E-state index < -0.39 is 5.60 Å². The van der Waals surface area contributed by atoms with E-state index >= 15 is 0 Å². The van der Waals surface area contributed by atoms with Crippen molar-refractivity contribution in [3.05, 3.63) is 29.6 Å². The molecular formula is C13H18N2O2. The Morgan fingerprint density at radius 1 is 1.47 bits per heavy atom. The van der Waals surface area contributed by atoms with Crippen molar-refractivity contribution in [2.24, 2.45) is 0 Å². The fourth-order valence-electron chi connectivity index (χ4n) is 2.24. The van der Waals surface area contributed by atoms with E-state index in [0.29, 0.717) is 12.1 Å². The van der Waals surface area contributed by atoms with Gasteiger partial charge in [0.1, 0.15) is 0 Å². The van der Waals surface area contributed by atoms with Gasteiger partial charge in [-0.25, -0.2) is 0 Å². The van der Waals surface area contributed by atoms with Crippen LogP contribution in [0.15, 0.2) is 18.5 Å². The standard InChI is InChI=1S/C13H18N2O2/c1-10-6-11(8-14-7-10)12(16)15-9-13(17)4-2-3-5-13/h6-8,17H,2-5,9H2,1H3,(H,15,16). The number of amides is 1. The first-order valence-electron chi connectivity index (χ1n) is 6.01. The Hall–Kier alpha value is -1.42. The molecule has 1 aromatic rings. The third-order valence-electron chi connectivity index (χ3n) is 3.25. The topological polar surface area (TPSA) is 62.2 Å². The molecule has 17 heavy (non-hydrogen) atoms. The van der Waals surface area contributed by atoms with Gasteiger partial charge in [0.2, 0.25) is 0 Å². The van der Waals surface area contributed by atoms with Crippen LogP contribution >= 0.6 is 0 Å². The van der Waals surface area contributed by atoms with E-state index in [0.717, 1.165) is 31.2 Å². The number of carbonyl (C=O) groups excluding carboxylic acids is 1. The highest BCUT2D eigenvalue weighted by atomic mass is 16.3. The number of carbonyl (C=O) groups is 1. The highest BCUT2D eigenvalue weighted by Gasteiger charge is 2.31. The monoisotopic (exact) mass is 234 g/mol. The summed E-state index contributed by atoms with van der Waals surface area (Å²) in [4.78, 5) is 15.8. The quantitative estimate of drug-likeness (QED) is 0.831. The summed E-state index contributed by atoms with van der Waals surface area (Å²) in [5.74, 6) is -0.165. The molecule has 1 saturated carbocycles. The minimum Gasteiger partial charge on any atom is -0.388 e. The van der Waals surface area contributed by atoms with Gasteiger partial charge in [0.15, 0.2) is 0 Å². The number of aliphatic hydroxyl groups is 1. The summed E-state index contributed by atoms with van der Waals surface area (Å²) in [5.41, 5.74) is 0.802. The fraction of sp³-hybridized carbons (Fsp3) is 0.538. The third-order valence-corrected chi connectivity index (χ3v) is 3.25. The maximum atomic E-state index is 11.8. The van der Waals surface area contributed by atoms with Gasteiger partial charge in [-0.1, -0.05) is 12.8 Å². The first-order chi connectivity index (χ1) is 8.09. The Kier molecular flexibility index (Phi) is 3.43. The molecule has 4 nitrogen and oxygen atoms in total. The van der Waals surface area contributed by atoms with Crippen LogP contribution in [-0.4, -0.2) is 28.1 Å². The summed E-state index contributed by atoms with van der Waals surface area (Å²) in [5, 5.41) is 12.9. The molecule has 0 unspecified atom stereocenters. The summed E-state index contributed by atoms with van der Waals surface area (Å²) in [7, 11) is 0. The van der Waals surface area contributed by atoms with E-state index in [4.69, 9.17) is 0 Å². The van der Waals surface area contributed by atoms with Gasteiger partial charge >= 0.3 is 0 Å². The Bertz CT molecular complexity index is 412. The SMILES string of the molecule is Cc1cncc(C(=O)NCC2(O)CCCC2)c1. The lowest BCUT2D eigenvalue weighted by atomic mass is 10.0. The minimum absolute atomic E-state index is 0.165. The maximum absolute atomic E-state index is 11.8. The Morgan fingerprint density at radius 3 is 2.82 bits per heavy atom. The van der Waals surface area contributed by atoms with Gasteiger partial charge < -0.3 is 10.4 Å². The van der Waals surface area contributed by atoms with E-state index in [2.05, 4.69) is 10.3 Å². The van der Waals surface area contributed by atoms with Crippen LogP contribution in [0.5, 0.6) is 0 Å². The van der Waals surface area contributed by atoms with Crippen molar-refractivity contribution in [3.8, 4) is 0 Å². The van der Waals surface area contributed by atoms with Gasteiger partial charge in [-0.05, 0) is 31.4 Å². The number of hydrogen-bond acceptors (Lipinski definition) is 3. The molecule has 1 aliphatic rings. The number of aromatic nitrogens is 1. The molecule has 0 atom stereocenters. The largest absolute Gasteiger partial charge is 0.388 e.